The number of aryl methyl sites for hydroxylation is 3. The summed E-state index contributed by atoms with van der Waals surface area (Å²) in [6, 6.07) is 10.8. The number of Topliss-reactive ketones (excluding diaryl/α,β-unsaturated/α-hetero) is 2. The molecule has 5 aromatic rings. The molecule has 300 valence electrons. The number of amides is 3. The summed E-state index contributed by atoms with van der Waals surface area (Å²) in [4.78, 5) is 78.6. The summed E-state index contributed by atoms with van der Waals surface area (Å²) in [6.07, 6.45) is 7.68. The second-order valence-electron chi connectivity index (χ2n) is 15.3. The largest absolute Gasteiger partial charge is 0.496 e. The molecule has 2 N–H and O–H groups in total. The van der Waals surface area contributed by atoms with Crippen LogP contribution in [-0.4, -0.2) is 84.6 Å². The summed E-state index contributed by atoms with van der Waals surface area (Å²) in [5.41, 5.74) is 3.39. The Balaban J connectivity index is 0.812. The summed E-state index contributed by atoms with van der Waals surface area (Å²) < 4.78 is 16.6. The molecular weight excluding hydrogens is 745 g/mol. The van der Waals surface area contributed by atoms with E-state index in [0.717, 1.165) is 27.0 Å². The molecule has 2 aromatic carbocycles. The number of nitrogens with one attached hydrogen (secondary N) is 2. The Labute approximate surface area is 333 Å². The van der Waals surface area contributed by atoms with Crippen LogP contribution in [-0.2, 0) is 48.0 Å². The van der Waals surface area contributed by atoms with Gasteiger partial charge in [-0.2, -0.15) is 0 Å². The van der Waals surface area contributed by atoms with E-state index < -0.39 is 17.4 Å². The molecule has 0 saturated heterocycles. The first kappa shape index (κ1) is 38.3. The van der Waals surface area contributed by atoms with E-state index >= 15 is 0 Å². The number of imide groups is 1. The Morgan fingerprint density at radius 3 is 2.41 bits per heavy atom. The van der Waals surface area contributed by atoms with Gasteiger partial charge in [0.1, 0.15) is 34.0 Å². The lowest BCUT2D eigenvalue weighted by Gasteiger charge is -2.53. The second-order valence-corrected chi connectivity index (χ2v) is 15.3. The molecule has 0 spiro atoms. The zero-order valence-electron chi connectivity index (χ0n) is 32.8. The molecule has 16 nitrogen and oxygen atoms in total. The van der Waals surface area contributed by atoms with Gasteiger partial charge < -0.3 is 29.2 Å². The fourth-order valence-electron chi connectivity index (χ4n) is 8.62. The topological polar surface area (TPSA) is 189 Å². The van der Waals surface area contributed by atoms with Gasteiger partial charge in [0.15, 0.2) is 5.78 Å². The monoisotopic (exact) mass is 788 g/mol. The van der Waals surface area contributed by atoms with Crippen molar-refractivity contribution in [1.29, 1.82) is 0 Å². The smallest absolute Gasteiger partial charge is 0.274 e. The van der Waals surface area contributed by atoms with E-state index in [0.29, 0.717) is 67.2 Å². The number of carbonyl (C=O) groups is 5. The Bertz CT molecular complexity index is 2550. The van der Waals surface area contributed by atoms with Gasteiger partial charge in [0, 0.05) is 74.1 Å². The summed E-state index contributed by atoms with van der Waals surface area (Å²) in [5.74, 6) is -0.600. The van der Waals surface area contributed by atoms with E-state index in [1.165, 1.54) is 0 Å². The third-order valence-electron chi connectivity index (χ3n) is 11.7. The van der Waals surface area contributed by atoms with Gasteiger partial charge in [-0.25, -0.2) is 0 Å². The number of carbonyl (C=O) groups excluding carboxylic acids is 5. The number of anilines is 1. The van der Waals surface area contributed by atoms with Crippen LogP contribution in [0.4, 0.5) is 5.69 Å². The molecule has 0 unspecified atom stereocenters. The van der Waals surface area contributed by atoms with Crippen molar-refractivity contribution in [3.05, 3.63) is 87.7 Å². The third kappa shape index (κ3) is 6.51. The number of nitrogens with zero attached hydrogens (tertiary/aromatic N) is 6. The molecule has 3 fully saturated rings. The summed E-state index contributed by atoms with van der Waals surface area (Å²) >= 11 is 0. The van der Waals surface area contributed by atoms with Gasteiger partial charge >= 0.3 is 0 Å². The van der Waals surface area contributed by atoms with Crippen molar-refractivity contribution in [2.75, 3.05) is 26.1 Å². The van der Waals surface area contributed by atoms with Crippen molar-refractivity contribution >= 4 is 45.9 Å². The summed E-state index contributed by atoms with van der Waals surface area (Å²) in [6.45, 7) is 1.20. The number of benzene rings is 2. The van der Waals surface area contributed by atoms with Gasteiger partial charge in [-0.15, -0.1) is 5.10 Å². The lowest BCUT2D eigenvalue weighted by atomic mass is 9.57. The molecular formula is C42H44N8O8. The van der Waals surface area contributed by atoms with Crippen LogP contribution in [0.2, 0.25) is 0 Å². The van der Waals surface area contributed by atoms with Gasteiger partial charge in [0.2, 0.25) is 5.91 Å². The highest BCUT2D eigenvalue weighted by atomic mass is 16.5. The number of hydrogen-bond acceptors (Lipinski definition) is 11. The van der Waals surface area contributed by atoms with Crippen LogP contribution in [0.1, 0.15) is 70.5 Å². The Morgan fingerprint density at radius 1 is 0.931 bits per heavy atom. The molecule has 3 amide bonds. The first-order chi connectivity index (χ1) is 27.9. The molecule has 3 saturated carbocycles. The van der Waals surface area contributed by atoms with Crippen molar-refractivity contribution in [2.24, 2.45) is 20.0 Å². The van der Waals surface area contributed by atoms with Gasteiger partial charge in [-0.05, 0) is 68.0 Å². The average molecular weight is 789 g/mol. The number of methoxy groups -OCH3 is 2. The predicted octanol–water partition coefficient (Wildman–Crippen LogP) is 3.58. The molecule has 16 heteroatoms. The van der Waals surface area contributed by atoms with Crippen molar-refractivity contribution < 1.29 is 33.4 Å². The van der Waals surface area contributed by atoms with Gasteiger partial charge in [-0.3, -0.25) is 38.3 Å². The van der Waals surface area contributed by atoms with Crippen LogP contribution >= 0.6 is 0 Å². The first-order valence-corrected chi connectivity index (χ1v) is 19.3. The quantitative estimate of drug-likeness (QED) is 0.0897. The van der Waals surface area contributed by atoms with Crippen LogP contribution in [0.15, 0.2) is 59.8 Å². The number of pyridine rings is 1. The Morgan fingerprint density at radius 2 is 1.69 bits per heavy atom. The number of hydrogen-bond donors (Lipinski definition) is 2. The lowest BCUT2D eigenvalue weighted by Crippen LogP contribution is -2.68. The molecule has 4 aliphatic rings. The highest BCUT2D eigenvalue weighted by molar-refractivity contribution is 6.27. The number of ketones is 2. The summed E-state index contributed by atoms with van der Waals surface area (Å²) in [7, 11) is 6.79. The third-order valence-corrected chi connectivity index (χ3v) is 11.7. The van der Waals surface area contributed by atoms with E-state index in [4.69, 9.17) is 9.47 Å². The molecule has 2 bridgehead atoms. The lowest BCUT2D eigenvalue weighted by molar-refractivity contribution is -0.153. The highest BCUT2D eigenvalue weighted by Crippen LogP contribution is 2.51. The molecule has 9 rings (SSSR count). The number of fused-ring (bicyclic) bond motifs is 4. The maximum absolute atomic E-state index is 13.6. The minimum Gasteiger partial charge on any atom is -0.496 e. The van der Waals surface area contributed by atoms with Crippen molar-refractivity contribution in [3.8, 4) is 22.6 Å². The molecule has 3 aliphatic carbocycles. The zero-order valence-corrected chi connectivity index (χ0v) is 32.8. The van der Waals surface area contributed by atoms with Crippen LogP contribution in [0.3, 0.4) is 0 Å². The summed E-state index contributed by atoms with van der Waals surface area (Å²) in [5, 5.41) is 15.4. The molecule has 4 heterocycles. The molecule has 0 atom stereocenters. The maximum Gasteiger partial charge on any atom is 0.274 e. The van der Waals surface area contributed by atoms with E-state index in [1.807, 2.05) is 42.2 Å². The van der Waals surface area contributed by atoms with Gasteiger partial charge in [0.05, 0.1) is 44.5 Å². The fraction of sp³-hybridized carbons (Fsp3) is 0.381. The van der Waals surface area contributed by atoms with Crippen LogP contribution in [0.5, 0.6) is 11.5 Å². The SMILES string of the molecule is COc1cc(-c2cn(C)c(=O)c3c2ccn3C)cc(OC)c1CCCC(=O)NCCCn1cc(CNc2cccc3c2C(=O)N(C24CC(C2)C(=O)CC4=O)C3=O)nn1. The standard InChI is InChI=1S/C42H44N8O8/c1-47-15-12-27-30(23-48(2)41(56)38(27)47)24-16-33(57-3)28(34(17-24)58-4)8-6-11-36(53)43-13-7-14-49-22-26(45-46-49)21-44-31-10-5-9-29-37(31)40(55)50(39(29)54)42-19-25(20-42)32(51)18-35(42)52/h5,9-10,12,15-17,22-23,25,44H,6-8,11,13-14,18-21H2,1-4H3,(H,43,53). The zero-order chi connectivity index (χ0) is 40.9. The highest BCUT2D eigenvalue weighted by Gasteiger charge is 2.64. The fourth-order valence-corrected chi connectivity index (χ4v) is 8.62. The normalized spacial score (nSPS) is 18.4. The van der Waals surface area contributed by atoms with Crippen molar-refractivity contribution in [2.45, 2.75) is 63.6 Å². The van der Waals surface area contributed by atoms with Crippen LogP contribution in [0.25, 0.3) is 22.0 Å². The second kappa shape index (κ2) is 15.1. The van der Waals surface area contributed by atoms with E-state index in [2.05, 4.69) is 20.9 Å². The predicted molar refractivity (Wildman–Crippen MR) is 212 cm³/mol. The van der Waals surface area contributed by atoms with E-state index in [1.54, 1.807) is 54.9 Å². The first-order valence-electron chi connectivity index (χ1n) is 19.3. The number of aromatic nitrogens is 5. The average Bonchev–Trinajstić information content (AvgIpc) is 3.89. The van der Waals surface area contributed by atoms with Crippen LogP contribution < -0.4 is 25.7 Å². The molecule has 58 heavy (non-hydrogen) atoms. The number of ether oxygens (including phenoxy) is 2. The van der Waals surface area contributed by atoms with Gasteiger partial charge in [-0.1, -0.05) is 11.3 Å². The maximum atomic E-state index is 13.6. The van der Waals surface area contributed by atoms with E-state index in [9.17, 15) is 28.8 Å². The van der Waals surface area contributed by atoms with Crippen molar-refractivity contribution in [3.63, 3.8) is 0 Å². The van der Waals surface area contributed by atoms with Gasteiger partial charge in [0.25, 0.3) is 17.4 Å². The number of rotatable bonds is 15. The minimum atomic E-state index is -1.23. The molecule has 1 aliphatic heterocycles. The Hall–Kier alpha value is -6.58. The van der Waals surface area contributed by atoms with E-state index in [-0.39, 0.29) is 65.9 Å². The Kier molecular flexibility index (Phi) is 9.95. The molecule has 0 radical (unpaired) electrons. The minimum absolute atomic E-state index is 0.0743. The van der Waals surface area contributed by atoms with Crippen molar-refractivity contribution in [1.82, 2.24) is 34.3 Å². The van der Waals surface area contributed by atoms with Crippen LogP contribution in [0, 0.1) is 5.92 Å². The molecule has 3 aromatic heterocycles.